The predicted molar refractivity (Wildman–Crippen MR) is 88.8 cm³/mol. The zero-order valence-corrected chi connectivity index (χ0v) is 14.4. The summed E-state index contributed by atoms with van der Waals surface area (Å²) < 4.78 is 5.64. The minimum atomic E-state index is -0.404. The Morgan fingerprint density at radius 1 is 1.18 bits per heavy atom. The lowest BCUT2D eigenvalue weighted by Gasteiger charge is -2.45. The van der Waals surface area contributed by atoms with E-state index in [1.54, 1.807) is 5.57 Å². The van der Waals surface area contributed by atoms with Crippen LogP contribution in [0.3, 0.4) is 0 Å². The first-order valence-corrected chi connectivity index (χ1v) is 9.13. The number of hydrogen-bond donors (Lipinski definition) is 0. The Kier molecular flexibility index (Phi) is 4.52. The number of ether oxygens (including phenoxy) is 1. The van der Waals surface area contributed by atoms with Gasteiger partial charge in [-0.15, -0.1) is 0 Å². The molecule has 3 nitrogen and oxygen atoms in total. The fourth-order valence-corrected chi connectivity index (χ4v) is 4.45. The van der Waals surface area contributed by atoms with E-state index >= 15 is 0 Å². The highest BCUT2D eigenvalue weighted by molar-refractivity contribution is 5.70. The molecular formula is C19H31NO2. The number of hydrogen-bond acceptors (Lipinski definition) is 2. The molecule has 3 aliphatic rings. The minimum absolute atomic E-state index is 0.113. The van der Waals surface area contributed by atoms with Crippen molar-refractivity contribution in [3.05, 3.63) is 11.6 Å². The molecule has 0 N–H and O–H groups in total. The van der Waals surface area contributed by atoms with Crippen molar-refractivity contribution in [1.82, 2.24) is 4.90 Å². The average molecular weight is 305 g/mol. The summed E-state index contributed by atoms with van der Waals surface area (Å²) in [6.07, 6.45) is 13.7. The first kappa shape index (κ1) is 15.9. The van der Waals surface area contributed by atoms with Crippen LogP contribution in [0, 0.1) is 5.92 Å². The van der Waals surface area contributed by atoms with Crippen LogP contribution in [0.5, 0.6) is 0 Å². The normalized spacial score (nSPS) is 29.4. The summed E-state index contributed by atoms with van der Waals surface area (Å²) in [6.45, 7) is 5.85. The van der Waals surface area contributed by atoms with Crippen LogP contribution in [0.2, 0.25) is 0 Å². The average Bonchev–Trinajstić information content (AvgIpc) is 2.88. The SMILES string of the molecule is CC(C)(C)OC(=O)N1C2C=C(CC3CCCC3)CC1CCC2. The maximum atomic E-state index is 12.6. The monoisotopic (exact) mass is 305 g/mol. The van der Waals surface area contributed by atoms with Crippen LogP contribution in [0.1, 0.15) is 78.6 Å². The molecule has 0 aromatic rings. The number of fused-ring (bicyclic) bond motifs is 2. The second-order valence-corrected chi connectivity index (χ2v) is 8.42. The Hall–Kier alpha value is -0.990. The van der Waals surface area contributed by atoms with Crippen LogP contribution in [-0.4, -0.2) is 28.7 Å². The van der Waals surface area contributed by atoms with Crippen LogP contribution >= 0.6 is 0 Å². The van der Waals surface area contributed by atoms with E-state index in [-0.39, 0.29) is 12.1 Å². The summed E-state index contributed by atoms with van der Waals surface area (Å²) in [5.74, 6) is 0.903. The fraction of sp³-hybridized carbons (Fsp3) is 0.842. The van der Waals surface area contributed by atoms with E-state index in [1.165, 1.54) is 38.5 Å². The van der Waals surface area contributed by atoms with Gasteiger partial charge in [0.05, 0.1) is 6.04 Å². The molecule has 0 aromatic heterocycles. The van der Waals surface area contributed by atoms with Gasteiger partial charge in [0.1, 0.15) is 5.60 Å². The van der Waals surface area contributed by atoms with Crippen LogP contribution in [0.25, 0.3) is 0 Å². The Balaban J connectivity index is 1.69. The molecule has 0 radical (unpaired) electrons. The fourth-order valence-electron chi connectivity index (χ4n) is 4.45. The second kappa shape index (κ2) is 6.25. The number of carbonyl (C=O) groups is 1. The van der Waals surface area contributed by atoms with Crippen LogP contribution in [0.15, 0.2) is 11.6 Å². The molecule has 1 saturated carbocycles. The van der Waals surface area contributed by atoms with E-state index in [2.05, 4.69) is 6.08 Å². The first-order chi connectivity index (χ1) is 10.4. The molecular weight excluding hydrogens is 274 g/mol. The molecule has 0 aromatic carbocycles. The minimum Gasteiger partial charge on any atom is -0.444 e. The van der Waals surface area contributed by atoms with Crippen molar-refractivity contribution in [2.45, 2.75) is 96.2 Å². The third-order valence-electron chi connectivity index (χ3n) is 5.34. The van der Waals surface area contributed by atoms with Crippen molar-refractivity contribution >= 4 is 6.09 Å². The van der Waals surface area contributed by atoms with E-state index in [1.807, 2.05) is 25.7 Å². The Morgan fingerprint density at radius 2 is 1.91 bits per heavy atom. The zero-order valence-electron chi connectivity index (χ0n) is 14.4. The molecule has 3 heteroatoms. The van der Waals surface area contributed by atoms with Gasteiger partial charge in [-0.1, -0.05) is 37.3 Å². The lowest BCUT2D eigenvalue weighted by atomic mass is 9.82. The molecule has 3 rings (SSSR count). The standard InChI is InChI=1S/C19H31NO2/c1-19(2,3)22-18(21)20-16-9-6-10-17(20)13-15(12-16)11-14-7-4-5-8-14/h12,14,16-17H,4-11,13H2,1-3H3. The van der Waals surface area contributed by atoms with E-state index in [9.17, 15) is 4.79 Å². The van der Waals surface area contributed by atoms with Gasteiger partial charge in [0, 0.05) is 6.04 Å². The van der Waals surface area contributed by atoms with E-state index in [0.29, 0.717) is 6.04 Å². The second-order valence-electron chi connectivity index (χ2n) is 8.42. The lowest BCUT2D eigenvalue weighted by molar-refractivity contribution is -0.00168. The Bertz CT molecular complexity index is 443. The van der Waals surface area contributed by atoms with Crippen LogP contribution < -0.4 is 0 Å². The van der Waals surface area contributed by atoms with Crippen molar-refractivity contribution in [3.8, 4) is 0 Å². The lowest BCUT2D eigenvalue weighted by Crippen LogP contribution is -2.53. The highest BCUT2D eigenvalue weighted by atomic mass is 16.6. The topological polar surface area (TPSA) is 29.5 Å². The van der Waals surface area contributed by atoms with Gasteiger partial charge in [0.15, 0.2) is 0 Å². The summed E-state index contributed by atoms with van der Waals surface area (Å²) in [5, 5.41) is 0. The van der Waals surface area contributed by atoms with Gasteiger partial charge in [-0.05, 0) is 58.8 Å². The van der Waals surface area contributed by atoms with Crippen LogP contribution in [-0.2, 0) is 4.74 Å². The molecule has 2 aliphatic heterocycles. The molecule has 0 spiro atoms. The van der Waals surface area contributed by atoms with Gasteiger partial charge in [-0.25, -0.2) is 4.79 Å². The van der Waals surface area contributed by atoms with Gasteiger partial charge in [0.25, 0.3) is 0 Å². The maximum Gasteiger partial charge on any atom is 0.411 e. The predicted octanol–water partition coefficient (Wildman–Crippen LogP) is 5.06. The molecule has 124 valence electrons. The summed E-state index contributed by atoms with van der Waals surface area (Å²) in [5.41, 5.74) is 1.21. The maximum absolute atomic E-state index is 12.6. The van der Waals surface area contributed by atoms with Crippen molar-refractivity contribution in [2.24, 2.45) is 5.92 Å². The number of carbonyl (C=O) groups excluding carboxylic acids is 1. The Morgan fingerprint density at radius 3 is 2.55 bits per heavy atom. The number of nitrogens with zero attached hydrogens (tertiary/aromatic N) is 1. The molecule has 2 fully saturated rings. The highest BCUT2D eigenvalue weighted by Crippen LogP contribution is 2.38. The molecule has 2 heterocycles. The van der Waals surface area contributed by atoms with Gasteiger partial charge in [-0.3, -0.25) is 4.90 Å². The largest absolute Gasteiger partial charge is 0.444 e. The quantitative estimate of drug-likeness (QED) is 0.668. The third-order valence-corrected chi connectivity index (χ3v) is 5.34. The van der Waals surface area contributed by atoms with E-state index in [4.69, 9.17) is 4.74 Å². The van der Waals surface area contributed by atoms with Crippen molar-refractivity contribution in [2.75, 3.05) is 0 Å². The number of amides is 1. The number of piperidine rings is 1. The van der Waals surface area contributed by atoms with Crippen molar-refractivity contribution < 1.29 is 9.53 Å². The third kappa shape index (κ3) is 3.67. The van der Waals surface area contributed by atoms with E-state index in [0.717, 1.165) is 25.2 Å². The van der Waals surface area contributed by atoms with Crippen molar-refractivity contribution in [3.63, 3.8) is 0 Å². The van der Waals surface area contributed by atoms with E-state index < -0.39 is 5.60 Å². The Labute approximate surface area is 135 Å². The summed E-state index contributed by atoms with van der Waals surface area (Å²) >= 11 is 0. The summed E-state index contributed by atoms with van der Waals surface area (Å²) in [6, 6.07) is 0.647. The molecule has 22 heavy (non-hydrogen) atoms. The van der Waals surface area contributed by atoms with Gasteiger partial charge < -0.3 is 4.74 Å². The molecule has 1 amide bonds. The van der Waals surface area contributed by atoms with Gasteiger partial charge in [-0.2, -0.15) is 0 Å². The molecule has 2 bridgehead atoms. The highest BCUT2D eigenvalue weighted by Gasteiger charge is 2.39. The molecule has 1 saturated heterocycles. The number of rotatable bonds is 2. The van der Waals surface area contributed by atoms with Gasteiger partial charge in [0.2, 0.25) is 0 Å². The van der Waals surface area contributed by atoms with Crippen molar-refractivity contribution in [1.29, 1.82) is 0 Å². The summed E-state index contributed by atoms with van der Waals surface area (Å²) in [7, 11) is 0. The molecule has 2 atom stereocenters. The molecule has 1 aliphatic carbocycles. The smallest absolute Gasteiger partial charge is 0.411 e. The summed E-state index contributed by atoms with van der Waals surface area (Å²) in [4.78, 5) is 14.6. The van der Waals surface area contributed by atoms with Crippen LogP contribution in [0.4, 0.5) is 4.79 Å². The zero-order chi connectivity index (χ0) is 15.7. The first-order valence-electron chi connectivity index (χ1n) is 9.13. The van der Waals surface area contributed by atoms with Gasteiger partial charge >= 0.3 is 6.09 Å². The molecule has 2 unspecified atom stereocenters.